The van der Waals surface area contributed by atoms with Crippen molar-refractivity contribution in [3.8, 4) is 0 Å². The van der Waals surface area contributed by atoms with Crippen molar-refractivity contribution < 1.29 is 19.4 Å². The number of esters is 1. The lowest BCUT2D eigenvalue weighted by molar-refractivity contribution is -0.160. The third-order valence-electron chi connectivity index (χ3n) is 3.44. The van der Waals surface area contributed by atoms with E-state index in [1.165, 1.54) is 6.92 Å². The van der Waals surface area contributed by atoms with Gasteiger partial charge in [0.25, 0.3) is 0 Å². The maximum Gasteiger partial charge on any atom is 0.327 e. The average Bonchev–Trinajstić information content (AvgIpc) is 2.45. The molecule has 20 heavy (non-hydrogen) atoms. The predicted molar refractivity (Wildman–Crippen MR) is 75.6 cm³/mol. The molecule has 2 rings (SSSR count). The summed E-state index contributed by atoms with van der Waals surface area (Å²) >= 11 is 0. The summed E-state index contributed by atoms with van der Waals surface area (Å²) in [5.41, 5.74) is -1.27. The lowest BCUT2D eigenvalue weighted by Crippen LogP contribution is -2.42. The molecule has 0 saturated heterocycles. The Morgan fingerprint density at radius 2 is 1.80 bits per heavy atom. The Kier molecular flexibility index (Phi) is 3.74. The first kappa shape index (κ1) is 14.1. The van der Waals surface area contributed by atoms with E-state index in [-0.39, 0.29) is 6.61 Å². The number of ether oxygens (including phenoxy) is 1. The Morgan fingerprint density at radius 3 is 2.45 bits per heavy atom. The van der Waals surface area contributed by atoms with Gasteiger partial charge in [-0.3, -0.25) is 9.59 Å². The molecular weight excluding hydrogens is 256 g/mol. The Balaban J connectivity index is 2.70. The van der Waals surface area contributed by atoms with Gasteiger partial charge in [-0.2, -0.15) is 0 Å². The highest BCUT2D eigenvalue weighted by Crippen LogP contribution is 2.32. The number of carboxylic acid groups (broad SMARTS) is 1. The van der Waals surface area contributed by atoms with Gasteiger partial charge in [0.2, 0.25) is 0 Å². The first-order valence-electron chi connectivity index (χ1n) is 6.40. The Morgan fingerprint density at radius 1 is 1.15 bits per heavy atom. The van der Waals surface area contributed by atoms with Gasteiger partial charge < -0.3 is 9.84 Å². The second kappa shape index (κ2) is 5.33. The minimum absolute atomic E-state index is 0.145. The highest BCUT2D eigenvalue weighted by atomic mass is 16.5. The van der Waals surface area contributed by atoms with Gasteiger partial charge in [-0.05, 0) is 30.2 Å². The number of benzene rings is 2. The lowest BCUT2D eigenvalue weighted by Gasteiger charge is -2.24. The van der Waals surface area contributed by atoms with Gasteiger partial charge >= 0.3 is 11.9 Å². The fourth-order valence-electron chi connectivity index (χ4n) is 2.25. The minimum atomic E-state index is -1.71. The quantitative estimate of drug-likeness (QED) is 0.686. The summed E-state index contributed by atoms with van der Waals surface area (Å²) in [5.74, 6) is -1.96. The Labute approximate surface area is 117 Å². The number of rotatable bonds is 4. The summed E-state index contributed by atoms with van der Waals surface area (Å²) < 4.78 is 4.95. The van der Waals surface area contributed by atoms with E-state index in [1.807, 2.05) is 30.3 Å². The molecule has 104 valence electrons. The van der Waals surface area contributed by atoms with Gasteiger partial charge in [-0.1, -0.05) is 42.5 Å². The number of carbonyl (C=O) groups excluding carboxylic acids is 1. The van der Waals surface area contributed by atoms with Crippen molar-refractivity contribution in [2.75, 3.05) is 6.61 Å². The molecule has 0 amide bonds. The molecule has 0 bridgehead atoms. The highest BCUT2D eigenvalue weighted by molar-refractivity contribution is 6.08. The van der Waals surface area contributed by atoms with Crippen molar-refractivity contribution in [2.24, 2.45) is 0 Å². The van der Waals surface area contributed by atoms with Gasteiger partial charge in [0.05, 0.1) is 6.61 Å². The number of carboxylic acids is 1. The van der Waals surface area contributed by atoms with Crippen LogP contribution < -0.4 is 0 Å². The second-order valence-electron chi connectivity index (χ2n) is 4.68. The fraction of sp³-hybridized carbons (Fsp3) is 0.250. The zero-order valence-electron chi connectivity index (χ0n) is 11.4. The molecule has 1 atom stereocenters. The van der Waals surface area contributed by atoms with Gasteiger partial charge in [0.1, 0.15) is 0 Å². The summed E-state index contributed by atoms with van der Waals surface area (Å²) in [6.07, 6.45) is 0. The lowest BCUT2D eigenvalue weighted by atomic mass is 9.80. The van der Waals surface area contributed by atoms with Crippen LogP contribution in [-0.4, -0.2) is 23.7 Å². The number of carbonyl (C=O) groups is 2. The van der Waals surface area contributed by atoms with Gasteiger partial charge in [0, 0.05) is 0 Å². The van der Waals surface area contributed by atoms with Crippen molar-refractivity contribution in [3.05, 3.63) is 48.0 Å². The molecule has 2 aromatic rings. The number of fused-ring (bicyclic) bond motifs is 1. The number of aliphatic carboxylic acids is 1. The molecule has 1 unspecified atom stereocenters. The maximum absolute atomic E-state index is 12.1. The molecule has 0 fully saturated rings. The topological polar surface area (TPSA) is 63.6 Å². The van der Waals surface area contributed by atoms with E-state index in [1.54, 1.807) is 19.1 Å². The van der Waals surface area contributed by atoms with Crippen molar-refractivity contribution in [1.82, 2.24) is 0 Å². The fourth-order valence-corrected chi connectivity index (χ4v) is 2.25. The van der Waals surface area contributed by atoms with E-state index >= 15 is 0 Å². The first-order valence-corrected chi connectivity index (χ1v) is 6.40. The summed E-state index contributed by atoms with van der Waals surface area (Å²) in [5, 5.41) is 11.2. The Hall–Kier alpha value is -2.36. The minimum Gasteiger partial charge on any atom is -0.480 e. The molecule has 0 aromatic heterocycles. The summed E-state index contributed by atoms with van der Waals surface area (Å²) in [6, 6.07) is 12.7. The van der Waals surface area contributed by atoms with E-state index in [2.05, 4.69) is 0 Å². The van der Waals surface area contributed by atoms with Crippen LogP contribution in [0.3, 0.4) is 0 Å². The second-order valence-corrected chi connectivity index (χ2v) is 4.68. The molecule has 0 radical (unpaired) electrons. The maximum atomic E-state index is 12.1. The molecule has 0 saturated carbocycles. The zero-order valence-corrected chi connectivity index (χ0v) is 11.4. The molecule has 1 N–H and O–H groups in total. The summed E-state index contributed by atoms with van der Waals surface area (Å²) in [6.45, 7) is 3.19. The Bertz CT molecular complexity index is 657. The van der Waals surface area contributed by atoms with Crippen LogP contribution in [0.4, 0.5) is 0 Å². The van der Waals surface area contributed by atoms with Crippen molar-refractivity contribution >= 4 is 22.7 Å². The van der Waals surface area contributed by atoms with Crippen molar-refractivity contribution in [3.63, 3.8) is 0 Å². The predicted octanol–water partition coefficient (Wildman–Crippen LogP) is 2.75. The molecule has 0 aliphatic carbocycles. The molecule has 0 spiro atoms. The zero-order chi connectivity index (χ0) is 14.8. The SMILES string of the molecule is CCOC(=O)C(C)(C(=O)O)c1cccc2ccccc12. The molecule has 4 nitrogen and oxygen atoms in total. The highest BCUT2D eigenvalue weighted by Gasteiger charge is 2.45. The van der Waals surface area contributed by atoms with Crippen LogP contribution >= 0.6 is 0 Å². The summed E-state index contributed by atoms with van der Waals surface area (Å²) in [7, 11) is 0. The molecule has 0 aliphatic rings. The van der Waals surface area contributed by atoms with E-state index in [4.69, 9.17) is 4.74 Å². The standard InChI is InChI=1S/C16H16O4/c1-3-20-15(19)16(2,14(17)18)13-10-6-8-11-7-4-5-9-12(11)13/h4-10H,3H2,1-2H3,(H,17,18). The number of hydrogen-bond acceptors (Lipinski definition) is 3. The number of hydrogen-bond donors (Lipinski definition) is 1. The van der Waals surface area contributed by atoms with Crippen LogP contribution in [0.15, 0.2) is 42.5 Å². The largest absolute Gasteiger partial charge is 0.480 e. The van der Waals surface area contributed by atoms with Gasteiger partial charge in [-0.25, -0.2) is 0 Å². The van der Waals surface area contributed by atoms with Crippen molar-refractivity contribution in [1.29, 1.82) is 0 Å². The van der Waals surface area contributed by atoms with Crippen LogP contribution in [0.1, 0.15) is 19.4 Å². The molecule has 2 aromatic carbocycles. The van der Waals surface area contributed by atoms with Crippen LogP contribution in [0, 0.1) is 0 Å². The van der Waals surface area contributed by atoms with E-state index in [0.717, 1.165) is 10.8 Å². The van der Waals surface area contributed by atoms with E-state index in [9.17, 15) is 14.7 Å². The van der Waals surface area contributed by atoms with Gasteiger partial charge in [0.15, 0.2) is 5.41 Å². The molecule has 4 heteroatoms. The van der Waals surface area contributed by atoms with E-state index < -0.39 is 17.4 Å². The average molecular weight is 272 g/mol. The normalized spacial score (nSPS) is 13.7. The first-order chi connectivity index (χ1) is 9.51. The third-order valence-corrected chi connectivity index (χ3v) is 3.44. The van der Waals surface area contributed by atoms with Crippen LogP contribution in [-0.2, 0) is 19.7 Å². The van der Waals surface area contributed by atoms with Crippen LogP contribution in [0.5, 0.6) is 0 Å². The summed E-state index contributed by atoms with van der Waals surface area (Å²) in [4.78, 5) is 23.8. The van der Waals surface area contributed by atoms with Crippen LogP contribution in [0.25, 0.3) is 10.8 Å². The van der Waals surface area contributed by atoms with Crippen molar-refractivity contribution in [2.45, 2.75) is 19.3 Å². The third kappa shape index (κ3) is 2.13. The van der Waals surface area contributed by atoms with Gasteiger partial charge in [-0.15, -0.1) is 0 Å². The monoisotopic (exact) mass is 272 g/mol. The van der Waals surface area contributed by atoms with E-state index in [0.29, 0.717) is 5.56 Å². The van der Waals surface area contributed by atoms with Crippen LogP contribution in [0.2, 0.25) is 0 Å². The molecule has 0 heterocycles. The molecular formula is C16H16O4. The molecule has 0 aliphatic heterocycles. The smallest absolute Gasteiger partial charge is 0.327 e.